The van der Waals surface area contributed by atoms with Crippen molar-refractivity contribution in [2.24, 2.45) is 5.10 Å². The van der Waals surface area contributed by atoms with Crippen molar-refractivity contribution in [2.45, 2.75) is 31.8 Å². The van der Waals surface area contributed by atoms with Crippen molar-refractivity contribution in [1.82, 2.24) is 9.73 Å². The number of anilines is 1. The van der Waals surface area contributed by atoms with Crippen molar-refractivity contribution in [3.63, 3.8) is 0 Å². The van der Waals surface area contributed by atoms with Crippen molar-refractivity contribution >= 4 is 56.9 Å². The van der Waals surface area contributed by atoms with Gasteiger partial charge in [-0.3, -0.25) is 9.59 Å². The smallest absolute Gasteiger partial charge is 0.329 e. The van der Waals surface area contributed by atoms with E-state index in [1.165, 1.54) is 10.5 Å². The van der Waals surface area contributed by atoms with E-state index in [-0.39, 0.29) is 23.7 Å². The zero-order chi connectivity index (χ0) is 31.0. The topological polar surface area (TPSA) is 130 Å². The zero-order valence-corrected chi connectivity index (χ0v) is 25.5. The van der Waals surface area contributed by atoms with E-state index in [4.69, 9.17) is 32.4 Å². The Balaban J connectivity index is 1.42. The molecule has 0 aliphatic carbocycles. The molecule has 10 nitrogen and oxygen atoms in total. The van der Waals surface area contributed by atoms with Gasteiger partial charge in [0.15, 0.2) is 0 Å². The third-order valence-electron chi connectivity index (χ3n) is 6.00. The summed E-state index contributed by atoms with van der Waals surface area (Å²) >= 11 is 12.2. The molecule has 224 valence electrons. The van der Waals surface area contributed by atoms with Crippen LogP contribution < -0.4 is 15.5 Å². The molecule has 0 atom stereocenters. The maximum atomic E-state index is 13.6. The molecule has 0 spiro atoms. The fourth-order valence-corrected chi connectivity index (χ4v) is 5.56. The second-order valence-electron chi connectivity index (χ2n) is 9.25. The molecule has 4 rings (SSSR count). The molecule has 1 aromatic heterocycles. The molecule has 2 N–H and O–H groups in total. The summed E-state index contributed by atoms with van der Waals surface area (Å²) in [5.41, 5.74) is 4.09. The van der Waals surface area contributed by atoms with Crippen molar-refractivity contribution < 1.29 is 27.2 Å². The number of carbonyl (C=O) groups is 2. The van der Waals surface area contributed by atoms with E-state index in [1.54, 1.807) is 78.9 Å². The maximum Gasteiger partial charge on any atom is 0.329 e. The molecule has 0 bridgehead atoms. The quantitative estimate of drug-likeness (QED) is 0.121. The normalized spacial score (nSPS) is 11.6. The van der Waals surface area contributed by atoms with Gasteiger partial charge in [-0.25, -0.2) is 13.8 Å². The van der Waals surface area contributed by atoms with Crippen molar-refractivity contribution in [3.05, 3.63) is 112 Å². The van der Waals surface area contributed by atoms with E-state index in [1.807, 2.05) is 13.8 Å². The largest absolute Gasteiger partial charge is 0.494 e. The molecular weight excluding hydrogens is 615 g/mol. The number of hydrogen-bond acceptors (Lipinski definition) is 7. The fourth-order valence-electron chi connectivity index (χ4n) is 3.84. The highest BCUT2D eigenvalue weighted by Crippen LogP contribution is 2.26. The molecule has 4 aromatic rings. The zero-order valence-electron chi connectivity index (χ0n) is 23.2. The fraction of sp³-hybridized carbons (Fsp3) is 0.167. The van der Waals surface area contributed by atoms with Crippen LogP contribution in [0.15, 0.2) is 93.3 Å². The van der Waals surface area contributed by atoms with Crippen molar-refractivity contribution in [3.8, 4) is 5.75 Å². The first kappa shape index (κ1) is 31.8. The highest BCUT2D eigenvalue weighted by Gasteiger charge is 2.26. The number of carbonyl (C=O) groups excluding carboxylic acids is 2. The number of amides is 2. The average Bonchev–Trinajstić information content (AvgIpc) is 3.43. The van der Waals surface area contributed by atoms with Crippen LogP contribution in [0.4, 0.5) is 5.69 Å². The summed E-state index contributed by atoms with van der Waals surface area (Å²) in [6, 6.07) is 21.1. The van der Waals surface area contributed by atoms with E-state index in [2.05, 4.69) is 15.8 Å². The van der Waals surface area contributed by atoms with Crippen LogP contribution in [0.25, 0.3) is 0 Å². The third kappa shape index (κ3) is 8.68. The Hall–Kier alpha value is -4.16. The standard InChI is InChI=1S/C30H28Cl2N4O6S/c1-3-41-23-9-7-22(8-10-23)34-29(37)30(38)35-33-17-24-11-12-25(42-24)19-36(18-21-6-15-27(31)28(32)16-21)43(39,40)26-13-4-20(2)5-14-26/h4-17H,3,18-19H2,1-2H3,(H,34,37)(H,35,38)/b33-17+. The van der Waals surface area contributed by atoms with Gasteiger partial charge in [0, 0.05) is 12.2 Å². The number of benzene rings is 3. The summed E-state index contributed by atoms with van der Waals surface area (Å²) < 4.78 is 39.6. The highest BCUT2D eigenvalue weighted by atomic mass is 35.5. The molecule has 0 aliphatic rings. The number of rotatable bonds is 11. The first-order valence-electron chi connectivity index (χ1n) is 13.0. The minimum absolute atomic E-state index is 0.00323. The van der Waals surface area contributed by atoms with Crippen molar-refractivity contribution in [1.29, 1.82) is 0 Å². The molecule has 3 aromatic carbocycles. The van der Waals surface area contributed by atoms with Gasteiger partial charge in [-0.05, 0) is 80.1 Å². The van der Waals surface area contributed by atoms with Crippen LogP contribution in [-0.2, 0) is 32.7 Å². The van der Waals surface area contributed by atoms with Gasteiger partial charge in [0.2, 0.25) is 10.0 Å². The number of hydrogen-bond donors (Lipinski definition) is 2. The molecule has 1 heterocycles. The Bertz CT molecular complexity index is 1720. The van der Waals surface area contributed by atoms with Crippen LogP contribution in [-0.4, -0.2) is 37.4 Å². The van der Waals surface area contributed by atoms with Gasteiger partial charge in [-0.2, -0.15) is 9.41 Å². The van der Waals surface area contributed by atoms with E-state index in [9.17, 15) is 18.0 Å². The number of nitrogens with one attached hydrogen (secondary N) is 2. The molecule has 0 unspecified atom stereocenters. The number of halogens is 2. The van der Waals surface area contributed by atoms with Gasteiger partial charge in [0.1, 0.15) is 17.3 Å². The number of ether oxygens (including phenoxy) is 1. The van der Waals surface area contributed by atoms with Crippen LogP contribution in [0.1, 0.15) is 29.6 Å². The Labute approximate surface area is 259 Å². The lowest BCUT2D eigenvalue weighted by Gasteiger charge is -2.22. The monoisotopic (exact) mass is 642 g/mol. The lowest BCUT2D eigenvalue weighted by Crippen LogP contribution is -2.32. The van der Waals surface area contributed by atoms with Gasteiger partial charge in [0.25, 0.3) is 0 Å². The van der Waals surface area contributed by atoms with Crippen LogP contribution in [0.5, 0.6) is 5.75 Å². The van der Waals surface area contributed by atoms with E-state index < -0.39 is 21.8 Å². The lowest BCUT2D eigenvalue weighted by atomic mass is 10.2. The Morgan fingerprint density at radius 3 is 2.33 bits per heavy atom. The van der Waals surface area contributed by atoms with Crippen LogP contribution in [0, 0.1) is 6.92 Å². The number of aryl methyl sites for hydroxylation is 1. The van der Waals surface area contributed by atoms with Crippen LogP contribution >= 0.6 is 23.2 Å². The Kier molecular flexibility index (Phi) is 10.6. The predicted octanol–water partition coefficient (Wildman–Crippen LogP) is 5.77. The number of furan rings is 1. The summed E-state index contributed by atoms with van der Waals surface area (Å²) in [5, 5.41) is 6.89. The highest BCUT2D eigenvalue weighted by molar-refractivity contribution is 7.89. The van der Waals surface area contributed by atoms with Crippen LogP contribution in [0.2, 0.25) is 10.0 Å². The summed E-state index contributed by atoms with van der Waals surface area (Å²) in [6.07, 6.45) is 1.20. The third-order valence-corrected chi connectivity index (χ3v) is 8.55. The molecule has 2 amide bonds. The summed E-state index contributed by atoms with van der Waals surface area (Å²) in [6.45, 7) is 4.12. The van der Waals surface area contributed by atoms with Crippen LogP contribution in [0.3, 0.4) is 0 Å². The van der Waals surface area contributed by atoms with Gasteiger partial charge in [-0.1, -0.05) is 47.0 Å². The van der Waals surface area contributed by atoms with Gasteiger partial charge < -0.3 is 14.5 Å². The molecule has 0 aliphatic heterocycles. The van der Waals surface area contributed by atoms with Gasteiger partial charge in [0.05, 0.1) is 34.3 Å². The Morgan fingerprint density at radius 1 is 0.930 bits per heavy atom. The average molecular weight is 644 g/mol. The van der Waals surface area contributed by atoms with Gasteiger partial charge in [-0.15, -0.1) is 0 Å². The summed E-state index contributed by atoms with van der Waals surface area (Å²) in [5.74, 6) is -0.728. The second-order valence-corrected chi connectivity index (χ2v) is 12.0. The minimum atomic E-state index is -3.94. The molecule has 0 radical (unpaired) electrons. The van der Waals surface area contributed by atoms with E-state index in [0.29, 0.717) is 39.4 Å². The molecule has 13 heteroatoms. The number of hydrazone groups is 1. The molecule has 0 saturated carbocycles. The summed E-state index contributed by atoms with van der Waals surface area (Å²) in [7, 11) is -3.94. The SMILES string of the molecule is CCOc1ccc(NC(=O)C(=O)N/N=C/c2ccc(CN(Cc3ccc(Cl)c(Cl)c3)S(=O)(=O)c3ccc(C)cc3)o2)cc1. The van der Waals surface area contributed by atoms with E-state index in [0.717, 1.165) is 5.56 Å². The molecule has 0 fully saturated rings. The predicted molar refractivity (Wildman–Crippen MR) is 165 cm³/mol. The lowest BCUT2D eigenvalue weighted by molar-refractivity contribution is -0.136. The van der Waals surface area contributed by atoms with E-state index >= 15 is 0 Å². The first-order valence-corrected chi connectivity index (χ1v) is 15.2. The maximum absolute atomic E-state index is 13.6. The number of nitrogens with zero attached hydrogens (tertiary/aromatic N) is 2. The van der Waals surface area contributed by atoms with Gasteiger partial charge >= 0.3 is 11.8 Å². The van der Waals surface area contributed by atoms with Crippen molar-refractivity contribution in [2.75, 3.05) is 11.9 Å². The first-order chi connectivity index (χ1) is 20.5. The Morgan fingerprint density at radius 2 is 1.65 bits per heavy atom. The second kappa shape index (κ2) is 14.3. The molecule has 0 saturated heterocycles. The molecular formula is C30H28Cl2N4O6S. The number of sulfonamides is 1. The minimum Gasteiger partial charge on any atom is -0.494 e. The summed E-state index contributed by atoms with van der Waals surface area (Å²) in [4.78, 5) is 24.5. The molecule has 43 heavy (non-hydrogen) atoms.